The van der Waals surface area contributed by atoms with Gasteiger partial charge in [0.2, 0.25) is 5.91 Å². The molecular formula is C17H24N2O. The summed E-state index contributed by atoms with van der Waals surface area (Å²) in [7, 11) is 0. The standard InChI is InChI=1S/C17H24N2O/c1-12(2)13(3)17(20)19-14(4)16-9-7-15(8-10-16)6-5-11-18/h7-10,12-14H,11,18H2,1-4H3,(H,19,20). The number of nitrogens with two attached hydrogens (primary N) is 1. The molecule has 2 atom stereocenters. The van der Waals surface area contributed by atoms with Gasteiger partial charge < -0.3 is 11.1 Å². The predicted molar refractivity (Wildman–Crippen MR) is 82.9 cm³/mol. The highest BCUT2D eigenvalue weighted by Gasteiger charge is 2.18. The highest BCUT2D eigenvalue weighted by Crippen LogP contribution is 2.16. The van der Waals surface area contributed by atoms with E-state index < -0.39 is 0 Å². The summed E-state index contributed by atoms with van der Waals surface area (Å²) in [6.07, 6.45) is 0. The fourth-order valence-corrected chi connectivity index (χ4v) is 1.74. The minimum Gasteiger partial charge on any atom is -0.349 e. The van der Waals surface area contributed by atoms with Crippen LogP contribution >= 0.6 is 0 Å². The molecule has 3 nitrogen and oxygen atoms in total. The van der Waals surface area contributed by atoms with Crippen LogP contribution in [0.4, 0.5) is 0 Å². The number of hydrogen-bond acceptors (Lipinski definition) is 2. The largest absolute Gasteiger partial charge is 0.349 e. The second-order valence-electron chi connectivity index (χ2n) is 5.39. The van der Waals surface area contributed by atoms with Crippen LogP contribution in [0.3, 0.4) is 0 Å². The number of hydrogen-bond donors (Lipinski definition) is 2. The van der Waals surface area contributed by atoms with Crippen molar-refractivity contribution in [2.24, 2.45) is 17.6 Å². The molecule has 0 aromatic heterocycles. The molecule has 1 amide bonds. The molecule has 0 saturated carbocycles. The maximum atomic E-state index is 12.0. The molecule has 1 rings (SSSR count). The van der Waals surface area contributed by atoms with Crippen molar-refractivity contribution in [2.75, 3.05) is 6.54 Å². The Labute approximate surface area is 121 Å². The molecule has 0 aliphatic rings. The molecule has 1 aromatic carbocycles. The third kappa shape index (κ3) is 4.71. The van der Waals surface area contributed by atoms with Gasteiger partial charge in [0.1, 0.15) is 0 Å². The molecule has 2 unspecified atom stereocenters. The second kappa shape index (κ2) is 7.72. The fourth-order valence-electron chi connectivity index (χ4n) is 1.74. The average molecular weight is 272 g/mol. The molecule has 0 spiro atoms. The molecule has 108 valence electrons. The lowest BCUT2D eigenvalue weighted by Crippen LogP contribution is -2.33. The van der Waals surface area contributed by atoms with E-state index in [1.54, 1.807) is 0 Å². The summed E-state index contributed by atoms with van der Waals surface area (Å²) in [5, 5.41) is 3.04. The molecule has 3 N–H and O–H groups in total. The summed E-state index contributed by atoms with van der Waals surface area (Å²) < 4.78 is 0. The first-order valence-electron chi connectivity index (χ1n) is 7.05. The lowest BCUT2D eigenvalue weighted by atomic mass is 9.96. The Balaban J connectivity index is 2.68. The minimum atomic E-state index is 0.000202. The van der Waals surface area contributed by atoms with Crippen LogP contribution in [-0.2, 0) is 4.79 Å². The molecule has 3 heteroatoms. The summed E-state index contributed by atoms with van der Waals surface area (Å²) in [6.45, 7) is 8.42. The van der Waals surface area contributed by atoms with Gasteiger partial charge in [-0.05, 0) is 30.5 Å². The first-order chi connectivity index (χ1) is 9.45. The quantitative estimate of drug-likeness (QED) is 0.827. The van der Waals surface area contributed by atoms with Gasteiger partial charge in [0.05, 0.1) is 12.6 Å². The summed E-state index contributed by atoms with van der Waals surface area (Å²) in [4.78, 5) is 12.0. The Morgan fingerprint density at radius 3 is 2.30 bits per heavy atom. The van der Waals surface area contributed by atoms with Crippen LogP contribution in [0.1, 0.15) is 44.9 Å². The van der Waals surface area contributed by atoms with Gasteiger partial charge in [-0.15, -0.1) is 0 Å². The maximum Gasteiger partial charge on any atom is 0.223 e. The van der Waals surface area contributed by atoms with Gasteiger partial charge in [0.15, 0.2) is 0 Å². The van der Waals surface area contributed by atoms with Crippen molar-refractivity contribution in [3.63, 3.8) is 0 Å². The van der Waals surface area contributed by atoms with E-state index in [-0.39, 0.29) is 17.9 Å². The molecule has 0 fully saturated rings. The van der Waals surface area contributed by atoms with Crippen LogP contribution in [0.15, 0.2) is 24.3 Å². The second-order valence-corrected chi connectivity index (χ2v) is 5.39. The van der Waals surface area contributed by atoms with E-state index in [0.717, 1.165) is 11.1 Å². The van der Waals surface area contributed by atoms with Crippen LogP contribution in [0.2, 0.25) is 0 Å². The maximum absolute atomic E-state index is 12.0. The topological polar surface area (TPSA) is 55.1 Å². The van der Waals surface area contributed by atoms with Crippen molar-refractivity contribution >= 4 is 5.91 Å². The van der Waals surface area contributed by atoms with Crippen molar-refractivity contribution < 1.29 is 4.79 Å². The molecule has 0 saturated heterocycles. The van der Waals surface area contributed by atoms with Gasteiger partial charge >= 0.3 is 0 Å². The molecule has 20 heavy (non-hydrogen) atoms. The van der Waals surface area contributed by atoms with Crippen molar-refractivity contribution in [1.82, 2.24) is 5.32 Å². The Bertz CT molecular complexity index is 494. The lowest BCUT2D eigenvalue weighted by Gasteiger charge is -2.20. The highest BCUT2D eigenvalue weighted by molar-refractivity contribution is 5.78. The summed E-state index contributed by atoms with van der Waals surface area (Å²) in [5.41, 5.74) is 7.36. The van der Waals surface area contributed by atoms with E-state index in [1.165, 1.54) is 0 Å². The summed E-state index contributed by atoms with van der Waals surface area (Å²) >= 11 is 0. The van der Waals surface area contributed by atoms with Crippen LogP contribution < -0.4 is 11.1 Å². The van der Waals surface area contributed by atoms with Crippen molar-refractivity contribution in [3.05, 3.63) is 35.4 Å². The van der Waals surface area contributed by atoms with Gasteiger partial charge in [-0.1, -0.05) is 44.7 Å². The summed E-state index contributed by atoms with van der Waals surface area (Å²) in [6, 6.07) is 7.89. The first kappa shape index (κ1) is 16.3. The number of benzene rings is 1. The van der Waals surface area contributed by atoms with E-state index in [2.05, 4.69) is 31.0 Å². The van der Waals surface area contributed by atoms with Gasteiger partial charge in [0.25, 0.3) is 0 Å². The van der Waals surface area contributed by atoms with E-state index >= 15 is 0 Å². The number of nitrogens with one attached hydrogen (secondary N) is 1. The molecule has 0 aliphatic heterocycles. The monoisotopic (exact) mass is 272 g/mol. The van der Waals surface area contributed by atoms with Crippen LogP contribution in [-0.4, -0.2) is 12.5 Å². The highest BCUT2D eigenvalue weighted by atomic mass is 16.1. The third-order valence-electron chi connectivity index (χ3n) is 3.52. The Morgan fingerprint density at radius 2 is 1.80 bits per heavy atom. The van der Waals surface area contributed by atoms with Crippen LogP contribution in [0, 0.1) is 23.7 Å². The Morgan fingerprint density at radius 1 is 1.20 bits per heavy atom. The molecular weight excluding hydrogens is 248 g/mol. The SMILES string of the molecule is CC(NC(=O)C(C)C(C)C)c1ccc(C#CCN)cc1. The summed E-state index contributed by atoms with van der Waals surface area (Å²) in [5.74, 6) is 6.26. The molecule has 0 heterocycles. The van der Waals surface area contributed by atoms with E-state index in [9.17, 15) is 4.79 Å². The number of amides is 1. The van der Waals surface area contributed by atoms with Crippen molar-refractivity contribution in [2.45, 2.75) is 33.7 Å². The van der Waals surface area contributed by atoms with Gasteiger partial charge in [-0.25, -0.2) is 0 Å². The first-order valence-corrected chi connectivity index (χ1v) is 7.05. The number of carbonyl (C=O) groups is 1. The smallest absolute Gasteiger partial charge is 0.223 e. The zero-order valence-corrected chi connectivity index (χ0v) is 12.7. The zero-order chi connectivity index (χ0) is 15.1. The molecule has 0 bridgehead atoms. The normalized spacial score (nSPS) is 13.3. The van der Waals surface area contributed by atoms with Gasteiger partial charge in [-0.3, -0.25) is 4.79 Å². The van der Waals surface area contributed by atoms with Crippen molar-refractivity contribution in [3.8, 4) is 11.8 Å². The lowest BCUT2D eigenvalue weighted by molar-refractivity contribution is -0.126. The average Bonchev–Trinajstić information content (AvgIpc) is 2.44. The van der Waals surface area contributed by atoms with E-state index in [1.807, 2.05) is 38.1 Å². The molecule has 0 aliphatic carbocycles. The Hall–Kier alpha value is -1.79. The van der Waals surface area contributed by atoms with Crippen molar-refractivity contribution in [1.29, 1.82) is 0 Å². The number of carbonyl (C=O) groups excluding carboxylic acids is 1. The van der Waals surface area contributed by atoms with Gasteiger partial charge in [-0.2, -0.15) is 0 Å². The van der Waals surface area contributed by atoms with E-state index in [0.29, 0.717) is 12.5 Å². The van der Waals surface area contributed by atoms with Crippen LogP contribution in [0.5, 0.6) is 0 Å². The molecule has 0 radical (unpaired) electrons. The zero-order valence-electron chi connectivity index (χ0n) is 12.7. The Kier molecular flexibility index (Phi) is 6.27. The van der Waals surface area contributed by atoms with E-state index in [4.69, 9.17) is 5.73 Å². The van der Waals surface area contributed by atoms with Gasteiger partial charge in [0, 0.05) is 11.5 Å². The molecule has 1 aromatic rings. The fraction of sp³-hybridized carbons (Fsp3) is 0.471. The third-order valence-corrected chi connectivity index (χ3v) is 3.52. The number of rotatable bonds is 4. The predicted octanol–water partition coefficient (Wildman–Crippen LogP) is 2.47. The van der Waals surface area contributed by atoms with Crippen LogP contribution in [0.25, 0.3) is 0 Å². The minimum absolute atomic E-state index is 0.000202.